The molecule has 4 heteroatoms. The Labute approximate surface area is 126 Å². The smallest absolute Gasteiger partial charge is 0.320 e. The van der Waals surface area contributed by atoms with Gasteiger partial charge in [-0.25, -0.2) is 4.79 Å². The number of nitrogen functional groups attached to an aromatic ring is 1. The molecular formula is C17H25N3O. The highest BCUT2D eigenvalue weighted by molar-refractivity contribution is 5.75. The summed E-state index contributed by atoms with van der Waals surface area (Å²) in [5, 5.41) is 0. The van der Waals surface area contributed by atoms with Crippen LogP contribution < -0.4 is 5.73 Å². The van der Waals surface area contributed by atoms with Crippen LogP contribution >= 0.6 is 0 Å². The number of hydrogen-bond acceptors (Lipinski definition) is 2. The largest absolute Gasteiger partial charge is 0.399 e. The normalized spacial score (nSPS) is 19.6. The van der Waals surface area contributed by atoms with Crippen molar-refractivity contribution in [2.24, 2.45) is 5.92 Å². The predicted molar refractivity (Wildman–Crippen MR) is 84.8 cm³/mol. The molecule has 1 saturated heterocycles. The maximum Gasteiger partial charge on any atom is 0.320 e. The average Bonchev–Trinajstić information content (AvgIpc) is 3.29. The third kappa shape index (κ3) is 3.49. The summed E-state index contributed by atoms with van der Waals surface area (Å²) in [7, 11) is 0. The summed E-state index contributed by atoms with van der Waals surface area (Å²) in [4.78, 5) is 16.9. The SMILES string of the molecule is CC1CCN(C(=O)N(Cc2cccc(N)c2)C2CC2)CC1. The van der Waals surface area contributed by atoms with Gasteiger partial charge in [0.2, 0.25) is 0 Å². The van der Waals surface area contributed by atoms with E-state index in [1.54, 1.807) is 0 Å². The first-order valence-corrected chi connectivity index (χ1v) is 8.03. The molecule has 0 atom stereocenters. The fourth-order valence-corrected chi connectivity index (χ4v) is 3.01. The van der Waals surface area contributed by atoms with Crippen molar-refractivity contribution in [2.45, 2.75) is 45.2 Å². The quantitative estimate of drug-likeness (QED) is 0.869. The van der Waals surface area contributed by atoms with Crippen LogP contribution in [-0.4, -0.2) is 35.0 Å². The van der Waals surface area contributed by atoms with Crippen LogP contribution in [0.15, 0.2) is 24.3 Å². The molecule has 21 heavy (non-hydrogen) atoms. The molecule has 3 rings (SSSR count). The summed E-state index contributed by atoms with van der Waals surface area (Å²) in [6.07, 6.45) is 4.53. The lowest BCUT2D eigenvalue weighted by Gasteiger charge is -2.35. The summed E-state index contributed by atoms with van der Waals surface area (Å²) in [5.41, 5.74) is 7.74. The topological polar surface area (TPSA) is 49.6 Å². The summed E-state index contributed by atoms with van der Waals surface area (Å²) in [6, 6.07) is 8.52. The lowest BCUT2D eigenvalue weighted by molar-refractivity contribution is 0.129. The summed E-state index contributed by atoms with van der Waals surface area (Å²) in [6.45, 7) is 4.76. The lowest BCUT2D eigenvalue weighted by Crippen LogP contribution is -2.47. The summed E-state index contributed by atoms with van der Waals surface area (Å²) >= 11 is 0. The number of hydrogen-bond donors (Lipinski definition) is 1. The van der Waals surface area contributed by atoms with E-state index in [9.17, 15) is 4.79 Å². The predicted octanol–water partition coefficient (Wildman–Crippen LogP) is 3.09. The Morgan fingerprint density at radius 2 is 2.00 bits per heavy atom. The van der Waals surface area contributed by atoms with Crippen molar-refractivity contribution in [2.75, 3.05) is 18.8 Å². The van der Waals surface area contributed by atoms with Gasteiger partial charge in [-0.2, -0.15) is 0 Å². The molecule has 4 nitrogen and oxygen atoms in total. The van der Waals surface area contributed by atoms with E-state index in [-0.39, 0.29) is 6.03 Å². The van der Waals surface area contributed by atoms with E-state index < -0.39 is 0 Å². The third-order valence-electron chi connectivity index (χ3n) is 4.59. The number of anilines is 1. The van der Waals surface area contributed by atoms with Crippen molar-refractivity contribution in [3.05, 3.63) is 29.8 Å². The number of piperidine rings is 1. The minimum Gasteiger partial charge on any atom is -0.399 e. The minimum atomic E-state index is 0.215. The second-order valence-corrected chi connectivity index (χ2v) is 6.56. The first kappa shape index (κ1) is 14.2. The Bertz CT molecular complexity index is 505. The van der Waals surface area contributed by atoms with Gasteiger partial charge in [0.05, 0.1) is 0 Å². The van der Waals surface area contributed by atoms with E-state index in [0.29, 0.717) is 12.6 Å². The number of carbonyl (C=O) groups excluding carboxylic acids is 1. The third-order valence-corrected chi connectivity index (χ3v) is 4.59. The molecule has 1 aromatic carbocycles. The monoisotopic (exact) mass is 287 g/mol. The fourth-order valence-electron chi connectivity index (χ4n) is 3.01. The number of benzene rings is 1. The second kappa shape index (κ2) is 5.96. The van der Waals surface area contributed by atoms with E-state index in [0.717, 1.165) is 55.9 Å². The highest BCUT2D eigenvalue weighted by Gasteiger charge is 2.35. The zero-order valence-corrected chi connectivity index (χ0v) is 12.8. The van der Waals surface area contributed by atoms with Crippen LogP contribution in [0.5, 0.6) is 0 Å². The van der Waals surface area contributed by atoms with E-state index >= 15 is 0 Å². The van der Waals surface area contributed by atoms with Gasteiger partial charge in [0, 0.05) is 31.4 Å². The molecule has 2 fully saturated rings. The van der Waals surface area contributed by atoms with Crippen molar-refractivity contribution < 1.29 is 4.79 Å². The standard InChI is InChI=1S/C17H25N3O/c1-13-7-9-19(10-8-13)17(21)20(16-5-6-16)12-14-3-2-4-15(18)11-14/h2-4,11,13,16H,5-10,12,18H2,1H3. The minimum absolute atomic E-state index is 0.215. The van der Waals surface area contributed by atoms with E-state index in [1.165, 1.54) is 0 Å². The maximum atomic E-state index is 12.8. The van der Waals surface area contributed by atoms with Crippen LogP contribution in [-0.2, 0) is 6.54 Å². The van der Waals surface area contributed by atoms with Crippen LogP contribution in [0.1, 0.15) is 38.2 Å². The number of urea groups is 1. The summed E-state index contributed by atoms with van der Waals surface area (Å²) < 4.78 is 0. The van der Waals surface area contributed by atoms with Crippen LogP contribution in [0.4, 0.5) is 10.5 Å². The van der Waals surface area contributed by atoms with Gasteiger partial charge in [-0.15, -0.1) is 0 Å². The van der Waals surface area contributed by atoms with Crippen LogP contribution in [0, 0.1) is 5.92 Å². The van der Waals surface area contributed by atoms with Crippen molar-refractivity contribution in [3.63, 3.8) is 0 Å². The first-order valence-electron chi connectivity index (χ1n) is 8.03. The molecule has 2 aliphatic rings. The van der Waals surface area contributed by atoms with Crippen LogP contribution in [0.3, 0.4) is 0 Å². The highest BCUT2D eigenvalue weighted by atomic mass is 16.2. The fraction of sp³-hybridized carbons (Fsp3) is 0.588. The molecular weight excluding hydrogens is 262 g/mol. The van der Waals surface area contributed by atoms with Gasteiger partial charge in [-0.05, 0) is 49.3 Å². The number of rotatable bonds is 3. The molecule has 1 aliphatic heterocycles. The van der Waals surface area contributed by atoms with Gasteiger partial charge in [0.25, 0.3) is 0 Å². The molecule has 0 spiro atoms. The van der Waals surface area contributed by atoms with Crippen molar-refractivity contribution >= 4 is 11.7 Å². The van der Waals surface area contributed by atoms with Gasteiger partial charge in [-0.1, -0.05) is 19.1 Å². The Morgan fingerprint density at radius 1 is 1.29 bits per heavy atom. The first-order chi connectivity index (χ1) is 10.1. The molecule has 0 radical (unpaired) electrons. The molecule has 2 amide bonds. The van der Waals surface area contributed by atoms with Gasteiger partial charge < -0.3 is 15.5 Å². The molecule has 0 aromatic heterocycles. The second-order valence-electron chi connectivity index (χ2n) is 6.56. The molecule has 1 heterocycles. The number of nitrogens with zero attached hydrogens (tertiary/aromatic N) is 2. The zero-order chi connectivity index (χ0) is 14.8. The lowest BCUT2D eigenvalue weighted by atomic mass is 9.99. The van der Waals surface area contributed by atoms with E-state index in [4.69, 9.17) is 5.73 Å². The number of nitrogens with two attached hydrogens (primary N) is 1. The molecule has 114 valence electrons. The molecule has 0 bridgehead atoms. The molecule has 1 saturated carbocycles. The number of likely N-dealkylation sites (tertiary alicyclic amines) is 1. The van der Waals surface area contributed by atoms with Crippen molar-refractivity contribution in [1.29, 1.82) is 0 Å². The maximum absolute atomic E-state index is 12.8. The van der Waals surface area contributed by atoms with Crippen LogP contribution in [0.2, 0.25) is 0 Å². The van der Waals surface area contributed by atoms with Crippen LogP contribution in [0.25, 0.3) is 0 Å². The summed E-state index contributed by atoms with van der Waals surface area (Å²) in [5.74, 6) is 0.748. The van der Waals surface area contributed by atoms with Gasteiger partial charge >= 0.3 is 6.03 Å². The van der Waals surface area contributed by atoms with Crippen molar-refractivity contribution in [1.82, 2.24) is 9.80 Å². The van der Waals surface area contributed by atoms with Gasteiger partial charge in [-0.3, -0.25) is 0 Å². The van der Waals surface area contributed by atoms with Gasteiger partial charge in [0.1, 0.15) is 0 Å². The number of carbonyl (C=O) groups is 1. The Morgan fingerprint density at radius 3 is 2.62 bits per heavy atom. The zero-order valence-electron chi connectivity index (χ0n) is 12.8. The Hall–Kier alpha value is -1.71. The molecule has 1 aliphatic carbocycles. The van der Waals surface area contributed by atoms with E-state index in [2.05, 4.69) is 13.0 Å². The average molecular weight is 287 g/mol. The number of amides is 2. The molecule has 0 unspecified atom stereocenters. The Balaban J connectivity index is 1.68. The van der Waals surface area contributed by atoms with E-state index in [1.807, 2.05) is 28.0 Å². The molecule has 1 aromatic rings. The van der Waals surface area contributed by atoms with Gasteiger partial charge in [0.15, 0.2) is 0 Å². The molecule has 2 N–H and O–H groups in total. The highest BCUT2D eigenvalue weighted by Crippen LogP contribution is 2.30. The Kier molecular flexibility index (Phi) is 4.04. The van der Waals surface area contributed by atoms with Crippen molar-refractivity contribution in [3.8, 4) is 0 Å².